The summed E-state index contributed by atoms with van der Waals surface area (Å²) in [7, 11) is 0. The number of ether oxygens (including phenoxy) is 1. The molecule has 2 N–H and O–H groups in total. The number of carbonyl (C=O) groups is 2. The molecule has 0 aliphatic carbocycles. The predicted molar refractivity (Wildman–Crippen MR) is 81.0 cm³/mol. The standard InChI is InChI=1S/C16H16O7/c1-7-10-4-5-12(22-9(3)15(19)20)8(2)14(10)23-16(21)11(7)6-13(17)18/h4-5,9H,6H2,1-3H3,(H,17,18)(H,19,20). The van der Waals surface area contributed by atoms with Crippen LogP contribution in [0.5, 0.6) is 5.75 Å². The topological polar surface area (TPSA) is 114 Å². The van der Waals surface area contributed by atoms with Gasteiger partial charge in [-0.15, -0.1) is 0 Å². The van der Waals surface area contributed by atoms with Gasteiger partial charge < -0.3 is 19.4 Å². The van der Waals surface area contributed by atoms with E-state index in [4.69, 9.17) is 19.4 Å². The number of fused-ring (bicyclic) bond motifs is 1. The molecular weight excluding hydrogens is 304 g/mol. The third kappa shape index (κ3) is 3.18. The number of hydrogen-bond donors (Lipinski definition) is 2. The van der Waals surface area contributed by atoms with E-state index >= 15 is 0 Å². The molecule has 7 nitrogen and oxygen atoms in total. The van der Waals surface area contributed by atoms with Crippen LogP contribution in [0.25, 0.3) is 11.0 Å². The Labute approximate surface area is 131 Å². The van der Waals surface area contributed by atoms with Gasteiger partial charge in [0.05, 0.1) is 12.0 Å². The molecular formula is C16H16O7. The fourth-order valence-electron chi connectivity index (χ4n) is 2.29. The predicted octanol–water partition coefficient (Wildman–Crippen LogP) is 1.89. The molecule has 1 aromatic heterocycles. The molecule has 0 saturated heterocycles. The number of rotatable bonds is 5. The van der Waals surface area contributed by atoms with Crippen LogP contribution in [0.1, 0.15) is 23.6 Å². The van der Waals surface area contributed by atoms with Crippen molar-refractivity contribution < 1.29 is 29.0 Å². The molecule has 2 aromatic rings. The molecule has 1 unspecified atom stereocenters. The van der Waals surface area contributed by atoms with Crippen molar-refractivity contribution in [3.8, 4) is 5.75 Å². The summed E-state index contributed by atoms with van der Waals surface area (Å²) in [5, 5.41) is 18.4. The van der Waals surface area contributed by atoms with Crippen LogP contribution in [0, 0.1) is 13.8 Å². The van der Waals surface area contributed by atoms with Crippen LogP contribution < -0.4 is 10.4 Å². The minimum absolute atomic E-state index is 0.0944. The van der Waals surface area contributed by atoms with E-state index in [0.29, 0.717) is 22.3 Å². The van der Waals surface area contributed by atoms with Crippen LogP contribution in [-0.4, -0.2) is 28.3 Å². The first-order valence-corrected chi connectivity index (χ1v) is 6.89. The molecule has 1 atom stereocenters. The summed E-state index contributed by atoms with van der Waals surface area (Å²) in [5.74, 6) is -1.94. The zero-order valence-corrected chi connectivity index (χ0v) is 12.9. The molecule has 1 heterocycles. The molecule has 7 heteroatoms. The molecule has 0 saturated carbocycles. The van der Waals surface area contributed by atoms with Crippen molar-refractivity contribution in [3.05, 3.63) is 39.2 Å². The Morgan fingerprint density at radius 1 is 1.22 bits per heavy atom. The third-order valence-electron chi connectivity index (χ3n) is 3.63. The fraction of sp³-hybridized carbons (Fsp3) is 0.312. The molecule has 0 spiro atoms. The molecule has 0 radical (unpaired) electrons. The lowest BCUT2D eigenvalue weighted by molar-refractivity contribution is -0.144. The Bertz CT molecular complexity index is 848. The third-order valence-corrected chi connectivity index (χ3v) is 3.63. The van der Waals surface area contributed by atoms with Gasteiger partial charge in [0.15, 0.2) is 6.10 Å². The molecule has 0 aliphatic rings. The van der Waals surface area contributed by atoms with E-state index in [1.54, 1.807) is 26.0 Å². The van der Waals surface area contributed by atoms with E-state index in [1.165, 1.54) is 6.92 Å². The second kappa shape index (κ2) is 6.12. The molecule has 0 amide bonds. The normalized spacial score (nSPS) is 12.1. The summed E-state index contributed by atoms with van der Waals surface area (Å²) >= 11 is 0. The molecule has 0 bridgehead atoms. The van der Waals surface area contributed by atoms with E-state index < -0.39 is 30.1 Å². The fourth-order valence-corrected chi connectivity index (χ4v) is 2.29. The van der Waals surface area contributed by atoms with Gasteiger partial charge in [-0.1, -0.05) is 0 Å². The number of carboxylic acid groups (broad SMARTS) is 2. The van der Waals surface area contributed by atoms with Crippen molar-refractivity contribution in [2.45, 2.75) is 33.3 Å². The minimum Gasteiger partial charge on any atom is -0.481 e. The maximum absolute atomic E-state index is 12.0. The van der Waals surface area contributed by atoms with Gasteiger partial charge in [-0.2, -0.15) is 0 Å². The Balaban J connectivity index is 2.61. The lowest BCUT2D eigenvalue weighted by Crippen LogP contribution is -2.23. The summed E-state index contributed by atoms with van der Waals surface area (Å²) in [6.07, 6.45) is -1.47. The van der Waals surface area contributed by atoms with Crippen LogP contribution in [-0.2, 0) is 16.0 Å². The van der Waals surface area contributed by atoms with Gasteiger partial charge in [-0.3, -0.25) is 4.79 Å². The van der Waals surface area contributed by atoms with E-state index in [1.807, 2.05) is 0 Å². The van der Waals surface area contributed by atoms with Crippen LogP contribution in [0.4, 0.5) is 0 Å². The van der Waals surface area contributed by atoms with Crippen molar-refractivity contribution >= 4 is 22.9 Å². The monoisotopic (exact) mass is 320 g/mol. The number of carboxylic acids is 2. The summed E-state index contributed by atoms with van der Waals surface area (Å²) in [6.45, 7) is 4.69. The SMILES string of the molecule is Cc1c(CC(=O)O)c(=O)oc2c(C)c(OC(C)C(=O)O)ccc12. The first kappa shape index (κ1) is 16.5. The van der Waals surface area contributed by atoms with Crippen molar-refractivity contribution in [2.24, 2.45) is 0 Å². The Hall–Kier alpha value is -2.83. The Kier molecular flexibility index (Phi) is 4.40. The highest BCUT2D eigenvalue weighted by atomic mass is 16.5. The van der Waals surface area contributed by atoms with Crippen LogP contribution in [0.3, 0.4) is 0 Å². The van der Waals surface area contributed by atoms with E-state index in [2.05, 4.69) is 0 Å². The smallest absolute Gasteiger partial charge is 0.344 e. The van der Waals surface area contributed by atoms with Gasteiger partial charge >= 0.3 is 17.6 Å². The average molecular weight is 320 g/mol. The number of aryl methyl sites for hydroxylation is 2. The zero-order valence-electron chi connectivity index (χ0n) is 12.9. The first-order chi connectivity index (χ1) is 10.7. The molecule has 23 heavy (non-hydrogen) atoms. The second-order valence-electron chi connectivity index (χ2n) is 5.23. The first-order valence-electron chi connectivity index (χ1n) is 6.89. The van der Waals surface area contributed by atoms with Crippen molar-refractivity contribution in [1.29, 1.82) is 0 Å². The summed E-state index contributed by atoms with van der Waals surface area (Å²) in [5.41, 5.74) is 0.648. The largest absolute Gasteiger partial charge is 0.481 e. The maximum atomic E-state index is 12.0. The highest BCUT2D eigenvalue weighted by Crippen LogP contribution is 2.30. The maximum Gasteiger partial charge on any atom is 0.344 e. The van der Waals surface area contributed by atoms with Crippen LogP contribution in [0.2, 0.25) is 0 Å². The van der Waals surface area contributed by atoms with Crippen molar-refractivity contribution in [1.82, 2.24) is 0 Å². The molecule has 2 rings (SSSR count). The molecule has 0 aliphatic heterocycles. The van der Waals surface area contributed by atoms with Gasteiger partial charge in [-0.05, 0) is 38.5 Å². The van der Waals surface area contributed by atoms with Crippen molar-refractivity contribution in [3.63, 3.8) is 0 Å². The van der Waals surface area contributed by atoms with Gasteiger partial charge in [-0.25, -0.2) is 9.59 Å². The number of aliphatic carboxylic acids is 2. The molecule has 122 valence electrons. The molecule has 0 fully saturated rings. The zero-order chi connectivity index (χ0) is 17.3. The summed E-state index contributed by atoms with van der Waals surface area (Å²) < 4.78 is 10.6. The second-order valence-corrected chi connectivity index (χ2v) is 5.23. The van der Waals surface area contributed by atoms with Crippen LogP contribution in [0.15, 0.2) is 21.3 Å². The highest BCUT2D eigenvalue weighted by Gasteiger charge is 2.19. The van der Waals surface area contributed by atoms with Gasteiger partial charge in [0, 0.05) is 10.9 Å². The van der Waals surface area contributed by atoms with Crippen LogP contribution >= 0.6 is 0 Å². The van der Waals surface area contributed by atoms with Gasteiger partial charge in [0.1, 0.15) is 11.3 Å². The van der Waals surface area contributed by atoms with E-state index in [9.17, 15) is 14.4 Å². The van der Waals surface area contributed by atoms with Gasteiger partial charge in [0.25, 0.3) is 0 Å². The lowest BCUT2D eigenvalue weighted by Gasteiger charge is -2.15. The van der Waals surface area contributed by atoms with Crippen molar-refractivity contribution in [2.75, 3.05) is 0 Å². The Morgan fingerprint density at radius 2 is 1.87 bits per heavy atom. The van der Waals surface area contributed by atoms with Gasteiger partial charge in [0.2, 0.25) is 0 Å². The number of hydrogen-bond acceptors (Lipinski definition) is 5. The Morgan fingerprint density at radius 3 is 2.43 bits per heavy atom. The average Bonchev–Trinajstić information content (AvgIpc) is 2.46. The summed E-state index contributed by atoms with van der Waals surface area (Å²) in [4.78, 5) is 33.8. The van der Waals surface area contributed by atoms with E-state index in [-0.39, 0.29) is 11.1 Å². The number of benzene rings is 1. The van der Waals surface area contributed by atoms with E-state index in [0.717, 1.165) is 0 Å². The lowest BCUT2D eigenvalue weighted by atomic mass is 10.0. The molecule has 1 aromatic carbocycles. The quantitative estimate of drug-likeness (QED) is 0.808. The minimum atomic E-state index is -1.12. The summed E-state index contributed by atoms with van der Waals surface area (Å²) in [6, 6.07) is 3.20. The highest BCUT2D eigenvalue weighted by molar-refractivity contribution is 5.86.